The van der Waals surface area contributed by atoms with Gasteiger partial charge in [0.15, 0.2) is 0 Å². The van der Waals surface area contributed by atoms with Crippen LogP contribution in [0.15, 0.2) is 12.7 Å². The highest BCUT2D eigenvalue weighted by molar-refractivity contribution is 5.81. The molecule has 0 aliphatic heterocycles. The van der Waals surface area contributed by atoms with Gasteiger partial charge in [-0.05, 0) is 49.4 Å². The van der Waals surface area contributed by atoms with E-state index in [9.17, 15) is 4.79 Å². The van der Waals surface area contributed by atoms with Crippen molar-refractivity contribution in [1.29, 1.82) is 0 Å². The number of hydrogen-bond acceptors (Lipinski definition) is 3. The van der Waals surface area contributed by atoms with Gasteiger partial charge in [-0.3, -0.25) is 0 Å². The van der Waals surface area contributed by atoms with Crippen LogP contribution in [-0.4, -0.2) is 25.3 Å². The third-order valence-electron chi connectivity index (χ3n) is 5.19. The number of carbonyl (C=O) groups excluding carboxylic acids is 1. The van der Waals surface area contributed by atoms with Crippen LogP contribution in [0.3, 0.4) is 0 Å². The van der Waals surface area contributed by atoms with Crippen molar-refractivity contribution in [3.05, 3.63) is 12.7 Å². The molecule has 3 aliphatic carbocycles. The first kappa shape index (κ1) is 12.2. The lowest BCUT2D eigenvalue weighted by molar-refractivity contribution is -0.140. The Labute approximate surface area is 109 Å². The Hall–Kier alpha value is -0.830. The Morgan fingerprint density at radius 2 is 2.00 bits per heavy atom. The number of esters is 1. The van der Waals surface area contributed by atoms with E-state index in [4.69, 9.17) is 9.47 Å². The number of carbonyl (C=O) groups is 1. The van der Waals surface area contributed by atoms with Gasteiger partial charge in [0.05, 0.1) is 12.7 Å². The van der Waals surface area contributed by atoms with Crippen LogP contribution in [0.4, 0.5) is 0 Å². The molecule has 3 saturated carbocycles. The van der Waals surface area contributed by atoms with Crippen molar-refractivity contribution in [2.24, 2.45) is 23.7 Å². The largest absolute Gasteiger partial charge is 0.460 e. The summed E-state index contributed by atoms with van der Waals surface area (Å²) in [6, 6.07) is 0. The fourth-order valence-corrected chi connectivity index (χ4v) is 4.60. The topological polar surface area (TPSA) is 35.5 Å². The fraction of sp³-hybridized carbons (Fsp3) is 0.800. The fourth-order valence-electron chi connectivity index (χ4n) is 4.60. The summed E-state index contributed by atoms with van der Waals surface area (Å²) in [4.78, 5) is 10.9. The monoisotopic (exact) mass is 250 g/mol. The number of rotatable bonds is 5. The predicted octanol–water partition coefficient (Wildman–Crippen LogP) is 2.56. The molecular weight excluding hydrogens is 228 g/mol. The van der Waals surface area contributed by atoms with Crippen molar-refractivity contribution in [3.8, 4) is 0 Å². The van der Waals surface area contributed by atoms with E-state index < -0.39 is 0 Å². The van der Waals surface area contributed by atoms with Gasteiger partial charge in [0.1, 0.15) is 6.61 Å². The smallest absolute Gasteiger partial charge is 0.330 e. The van der Waals surface area contributed by atoms with Crippen LogP contribution in [0.25, 0.3) is 0 Å². The van der Waals surface area contributed by atoms with Crippen molar-refractivity contribution >= 4 is 5.97 Å². The maximum absolute atomic E-state index is 10.9. The van der Waals surface area contributed by atoms with Gasteiger partial charge in [0.25, 0.3) is 0 Å². The number of ether oxygens (including phenoxy) is 2. The Bertz CT molecular complexity index is 339. The van der Waals surface area contributed by atoms with Crippen LogP contribution in [0, 0.1) is 23.7 Å². The van der Waals surface area contributed by atoms with Crippen molar-refractivity contribution < 1.29 is 14.3 Å². The maximum Gasteiger partial charge on any atom is 0.330 e. The van der Waals surface area contributed by atoms with Crippen LogP contribution < -0.4 is 0 Å². The van der Waals surface area contributed by atoms with Gasteiger partial charge in [-0.1, -0.05) is 13.0 Å². The average molecular weight is 250 g/mol. The normalized spacial score (nSPS) is 40.8. The molecule has 0 saturated heterocycles. The van der Waals surface area contributed by atoms with Gasteiger partial charge >= 0.3 is 5.97 Å². The molecular formula is C15H22O3. The van der Waals surface area contributed by atoms with Crippen molar-refractivity contribution in [3.63, 3.8) is 0 Å². The summed E-state index contributed by atoms with van der Waals surface area (Å²) in [5, 5.41) is 0. The second-order valence-electron chi connectivity index (χ2n) is 5.93. The third-order valence-corrected chi connectivity index (χ3v) is 5.19. The minimum Gasteiger partial charge on any atom is -0.460 e. The molecule has 5 atom stereocenters. The SMILES string of the molecule is C=CC(=O)OCCOC1CC2CC1C1CCCC21. The molecule has 3 aliphatic rings. The van der Waals surface area contributed by atoms with Crippen LogP contribution in [-0.2, 0) is 14.3 Å². The zero-order valence-corrected chi connectivity index (χ0v) is 10.8. The third kappa shape index (κ3) is 2.09. The Morgan fingerprint density at radius 1 is 1.17 bits per heavy atom. The quantitative estimate of drug-likeness (QED) is 0.427. The predicted molar refractivity (Wildman–Crippen MR) is 67.9 cm³/mol. The van der Waals surface area contributed by atoms with Crippen molar-refractivity contribution in [1.82, 2.24) is 0 Å². The molecule has 2 bridgehead atoms. The summed E-state index contributed by atoms with van der Waals surface area (Å²) in [5.41, 5.74) is 0. The van der Waals surface area contributed by atoms with E-state index in [1.165, 1.54) is 38.2 Å². The molecule has 0 N–H and O–H groups in total. The highest BCUT2D eigenvalue weighted by Gasteiger charge is 2.54. The average Bonchev–Trinajstić information content (AvgIpc) is 3.05. The maximum atomic E-state index is 10.9. The number of hydrogen-bond donors (Lipinski definition) is 0. The van der Waals surface area contributed by atoms with Gasteiger partial charge in [0, 0.05) is 6.08 Å². The molecule has 0 aromatic carbocycles. The zero-order valence-electron chi connectivity index (χ0n) is 10.8. The molecule has 3 rings (SSSR count). The molecule has 100 valence electrons. The molecule has 0 amide bonds. The first-order valence-electron chi connectivity index (χ1n) is 7.20. The summed E-state index contributed by atoms with van der Waals surface area (Å²) in [6.07, 6.45) is 8.53. The first-order valence-corrected chi connectivity index (χ1v) is 7.20. The highest BCUT2D eigenvalue weighted by atomic mass is 16.6. The van der Waals surface area contributed by atoms with Crippen LogP contribution in [0.2, 0.25) is 0 Å². The van der Waals surface area contributed by atoms with E-state index in [0.29, 0.717) is 19.3 Å². The van der Waals surface area contributed by atoms with Crippen molar-refractivity contribution in [2.45, 2.75) is 38.2 Å². The molecule has 0 aromatic heterocycles. The summed E-state index contributed by atoms with van der Waals surface area (Å²) < 4.78 is 10.9. The summed E-state index contributed by atoms with van der Waals surface area (Å²) in [7, 11) is 0. The van der Waals surface area contributed by atoms with Gasteiger partial charge in [-0.15, -0.1) is 0 Å². The molecule has 0 spiro atoms. The van der Waals surface area contributed by atoms with Crippen molar-refractivity contribution in [2.75, 3.05) is 13.2 Å². The Kier molecular flexibility index (Phi) is 3.42. The Morgan fingerprint density at radius 3 is 2.83 bits per heavy atom. The summed E-state index contributed by atoms with van der Waals surface area (Å²) in [5.74, 6) is 3.29. The summed E-state index contributed by atoms with van der Waals surface area (Å²) in [6.45, 7) is 4.26. The van der Waals surface area contributed by atoms with E-state index in [-0.39, 0.29) is 5.97 Å². The molecule has 3 nitrogen and oxygen atoms in total. The molecule has 0 heterocycles. The molecule has 0 radical (unpaired) electrons. The molecule has 5 unspecified atom stereocenters. The minimum atomic E-state index is -0.359. The van der Waals surface area contributed by atoms with E-state index in [2.05, 4.69) is 6.58 Å². The standard InChI is InChI=1S/C15H22O3/c1-2-15(16)18-7-6-17-14-9-10-8-13(14)12-5-3-4-11(10)12/h2,10-14H,1,3-9H2. The molecule has 3 heteroatoms. The molecule has 0 aromatic rings. The van der Waals surface area contributed by atoms with E-state index in [1.54, 1.807) is 0 Å². The molecule has 3 fully saturated rings. The second-order valence-corrected chi connectivity index (χ2v) is 5.93. The zero-order chi connectivity index (χ0) is 12.5. The first-order chi connectivity index (χ1) is 8.79. The van der Waals surface area contributed by atoms with E-state index in [0.717, 1.165) is 23.7 Å². The van der Waals surface area contributed by atoms with Gasteiger partial charge in [-0.25, -0.2) is 4.79 Å². The van der Waals surface area contributed by atoms with Gasteiger partial charge in [-0.2, -0.15) is 0 Å². The van der Waals surface area contributed by atoms with E-state index in [1.807, 2.05) is 0 Å². The van der Waals surface area contributed by atoms with E-state index >= 15 is 0 Å². The van der Waals surface area contributed by atoms with Crippen LogP contribution >= 0.6 is 0 Å². The highest BCUT2D eigenvalue weighted by Crippen LogP contribution is 2.59. The lowest BCUT2D eigenvalue weighted by Gasteiger charge is -2.31. The molecule has 18 heavy (non-hydrogen) atoms. The second kappa shape index (κ2) is 5.04. The van der Waals surface area contributed by atoms with Gasteiger partial charge < -0.3 is 9.47 Å². The lowest BCUT2D eigenvalue weighted by atomic mass is 9.80. The Balaban J connectivity index is 1.43. The lowest BCUT2D eigenvalue weighted by Crippen LogP contribution is -2.31. The van der Waals surface area contributed by atoms with Crippen LogP contribution in [0.5, 0.6) is 0 Å². The van der Waals surface area contributed by atoms with Gasteiger partial charge in [0.2, 0.25) is 0 Å². The number of fused-ring (bicyclic) bond motifs is 5. The van der Waals surface area contributed by atoms with Crippen LogP contribution in [0.1, 0.15) is 32.1 Å². The summed E-state index contributed by atoms with van der Waals surface area (Å²) >= 11 is 0. The minimum absolute atomic E-state index is 0.354.